The van der Waals surface area contributed by atoms with E-state index < -0.39 is 0 Å². The molecule has 0 radical (unpaired) electrons. The van der Waals surface area contributed by atoms with Crippen molar-refractivity contribution in [1.82, 2.24) is 0 Å². The summed E-state index contributed by atoms with van der Waals surface area (Å²) in [5.74, 6) is 0.659. The first-order valence-corrected chi connectivity index (χ1v) is 8.98. The van der Waals surface area contributed by atoms with E-state index in [0.29, 0.717) is 33.9 Å². The van der Waals surface area contributed by atoms with Crippen molar-refractivity contribution in [2.24, 2.45) is 0 Å². The molecule has 0 spiro atoms. The van der Waals surface area contributed by atoms with Crippen LogP contribution in [0.4, 0.5) is 0 Å². The summed E-state index contributed by atoms with van der Waals surface area (Å²) in [5, 5.41) is 1.14. The first-order valence-electron chi connectivity index (χ1n) is 8.60. The number of fused-ring (bicyclic) bond motifs is 1. The van der Waals surface area contributed by atoms with E-state index in [1.165, 1.54) is 11.8 Å². The quantitative estimate of drug-likeness (QED) is 0.438. The smallest absolute Gasteiger partial charge is 0.200 e. The fourth-order valence-corrected chi connectivity index (χ4v) is 3.12. The Kier molecular flexibility index (Phi) is 4.69. The molecule has 0 aliphatic carbocycles. The second-order valence-corrected chi connectivity index (χ2v) is 6.86. The van der Waals surface area contributed by atoms with Crippen LogP contribution in [0.2, 0.25) is 5.02 Å². The second-order valence-electron chi connectivity index (χ2n) is 6.42. The highest BCUT2D eigenvalue weighted by Gasteiger charge is 2.10. The zero-order valence-corrected chi connectivity index (χ0v) is 15.5. The predicted molar refractivity (Wildman–Crippen MR) is 108 cm³/mol. The summed E-state index contributed by atoms with van der Waals surface area (Å²) in [7, 11) is 0. The monoisotopic (exact) mass is 376 g/mol. The standard InChI is InChI=1S/C23H17ClO3/c1-15-3-2-4-16(11-15)13-26-19-9-10-20-22(12-19)27-14-21(23(20)25)17-5-7-18(24)8-6-17/h2-12,14H,13H2,1H3. The molecule has 1 aromatic heterocycles. The summed E-state index contributed by atoms with van der Waals surface area (Å²) in [5.41, 5.74) is 3.98. The maximum atomic E-state index is 12.8. The molecule has 27 heavy (non-hydrogen) atoms. The van der Waals surface area contributed by atoms with Gasteiger partial charge in [0, 0.05) is 11.1 Å². The van der Waals surface area contributed by atoms with Crippen LogP contribution in [0.3, 0.4) is 0 Å². The van der Waals surface area contributed by atoms with E-state index in [-0.39, 0.29) is 5.43 Å². The van der Waals surface area contributed by atoms with Gasteiger partial charge < -0.3 is 9.15 Å². The molecule has 134 valence electrons. The zero-order chi connectivity index (χ0) is 18.8. The van der Waals surface area contributed by atoms with Crippen LogP contribution >= 0.6 is 11.6 Å². The molecule has 0 aliphatic rings. The molecule has 0 N–H and O–H groups in total. The number of ether oxygens (including phenoxy) is 1. The molecule has 3 nitrogen and oxygen atoms in total. The van der Waals surface area contributed by atoms with E-state index in [1.54, 1.807) is 42.5 Å². The van der Waals surface area contributed by atoms with Crippen LogP contribution in [0.1, 0.15) is 11.1 Å². The van der Waals surface area contributed by atoms with Crippen molar-refractivity contribution in [3.05, 3.63) is 99.4 Å². The number of aryl methyl sites for hydroxylation is 1. The average molecular weight is 377 g/mol. The maximum absolute atomic E-state index is 12.8. The van der Waals surface area contributed by atoms with Gasteiger partial charge in [0.25, 0.3) is 0 Å². The van der Waals surface area contributed by atoms with E-state index in [2.05, 4.69) is 6.07 Å². The summed E-state index contributed by atoms with van der Waals surface area (Å²) in [6.07, 6.45) is 1.48. The third-order valence-electron chi connectivity index (χ3n) is 4.39. The van der Waals surface area contributed by atoms with Gasteiger partial charge in [0.2, 0.25) is 0 Å². The number of halogens is 1. The Morgan fingerprint density at radius 3 is 2.59 bits per heavy atom. The van der Waals surface area contributed by atoms with Gasteiger partial charge in [0.05, 0.1) is 10.9 Å². The molecule has 4 aromatic rings. The highest BCUT2D eigenvalue weighted by molar-refractivity contribution is 6.30. The van der Waals surface area contributed by atoms with Crippen LogP contribution in [-0.2, 0) is 6.61 Å². The van der Waals surface area contributed by atoms with Crippen molar-refractivity contribution < 1.29 is 9.15 Å². The minimum absolute atomic E-state index is 0.0798. The number of hydrogen-bond acceptors (Lipinski definition) is 3. The number of benzene rings is 3. The summed E-state index contributed by atoms with van der Waals surface area (Å²) in [6.45, 7) is 2.51. The topological polar surface area (TPSA) is 39.4 Å². The van der Waals surface area contributed by atoms with Gasteiger partial charge in [-0.3, -0.25) is 4.79 Å². The molecule has 4 rings (SSSR count). The van der Waals surface area contributed by atoms with Crippen molar-refractivity contribution >= 4 is 22.6 Å². The molecule has 1 heterocycles. The Morgan fingerprint density at radius 1 is 1.00 bits per heavy atom. The Morgan fingerprint density at radius 2 is 1.81 bits per heavy atom. The number of rotatable bonds is 4. The molecule has 0 bridgehead atoms. The van der Waals surface area contributed by atoms with Crippen LogP contribution in [0.5, 0.6) is 5.75 Å². The third-order valence-corrected chi connectivity index (χ3v) is 4.64. The van der Waals surface area contributed by atoms with Gasteiger partial charge in [0.15, 0.2) is 5.43 Å². The van der Waals surface area contributed by atoms with Gasteiger partial charge in [0.1, 0.15) is 24.2 Å². The van der Waals surface area contributed by atoms with Crippen LogP contribution < -0.4 is 10.2 Å². The lowest BCUT2D eigenvalue weighted by molar-refractivity contribution is 0.306. The fraction of sp³-hybridized carbons (Fsp3) is 0.0870. The van der Waals surface area contributed by atoms with Crippen molar-refractivity contribution in [3.8, 4) is 16.9 Å². The van der Waals surface area contributed by atoms with E-state index >= 15 is 0 Å². The van der Waals surface area contributed by atoms with E-state index in [4.69, 9.17) is 20.8 Å². The van der Waals surface area contributed by atoms with Gasteiger partial charge in [-0.1, -0.05) is 53.6 Å². The molecule has 0 unspecified atom stereocenters. The lowest BCUT2D eigenvalue weighted by atomic mass is 10.1. The largest absolute Gasteiger partial charge is 0.489 e. The Balaban J connectivity index is 1.62. The van der Waals surface area contributed by atoms with Gasteiger partial charge in [-0.15, -0.1) is 0 Å². The lowest BCUT2D eigenvalue weighted by Crippen LogP contribution is -2.05. The van der Waals surface area contributed by atoms with Gasteiger partial charge >= 0.3 is 0 Å². The zero-order valence-electron chi connectivity index (χ0n) is 14.7. The summed E-state index contributed by atoms with van der Waals surface area (Å²) in [4.78, 5) is 12.8. The van der Waals surface area contributed by atoms with Gasteiger partial charge in [-0.2, -0.15) is 0 Å². The van der Waals surface area contributed by atoms with Crippen LogP contribution in [0.15, 0.2) is 82.2 Å². The van der Waals surface area contributed by atoms with Crippen LogP contribution in [0, 0.1) is 6.92 Å². The first-order chi connectivity index (χ1) is 13.1. The summed E-state index contributed by atoms with van der Waals surface area (Å²) in [6, 6.07) is 20.6. The Hall–Kier alpha value is -3.04. The molecular weight excluding hydrogens is 360 g/mol. The normalized spacial score (nSPS) is 10.9. The molecular formula is C23H17ClO3. The van der Waals surface area contributed by atoms with Crippen LogP contribution in [-0.4, -0.2) is 0 Å². The molecule has 4 heteroatoms. The SMILES string of the molecule is Cc1cccc(COc2ccc3c(=O)c(-c4ccc(Cl)cc4)coc3c2)c1. The maximum Gasteiger partial charge on any atom is 0.200 e. The van der Waals surface area contributed by atoms with E-state index in [9.17, 15) is 4.79 Å². The summed E-state index contributed by atoms with van der Waals surface area (Å²) >= 11 is 5.92. The molecule has 0 atom stereocenters. The van der Waals surface area contributed by atoms with E-state index in [0.717, 1.165) is 11.1 Å². The minimum atomic E-state index is -0.0798. The fourth-order valence-electron chi connectivity index (χ4n) is 3.00. The summed E-state index contributed by atoms with van der Waals surface area (Å²) < 4.78 is 11.6. The Labute approximate surface area is 161 Å². The lowest BCUT2D eigenvalue weighted by Gasteiger charge is -2.08. The Bertz CT molecular complexity index is 1160. The minimum Gasteiger partial charge on any atom is -0.489 e. The second kappa shape index (κ2) is 7.29. The van der Waals surface area contributed by atoms with Crippen molar-refractivity contribution in [3.63, 3.8) is 0 Å². The van der Waals surface area contributed by atoms with Crippen molar-refractivity contribution in [2.75, 3.05) is 0 Å². The van der Waals surface area contributed by atoms with Crippen LogP contribution in [0.25, 0.3) is 22.1 Å². The van der Waals surface area contributed by atoms with Crippen molar-refractivity contribution in [1.29, 1.82) is 0 Å². The van der Waals surface area contributed by atoms with Gasteiger partial charge in [-0.25, -0.2) is 0 Å². The van der Waals surface area contributed by atoms with Gasteiger partial charge in [-0.05, 0) is 42.3 Å². The highest BCUT2D eigenvalue weighted by atomic mass is 35.5. The average Bonchev–Trinajstić information content (AvgIpc) is 2.68. The first kappa shape index (κ1) is 17.4. The van der Waals surface area contributed by atoms with E-state index in [1.807, 2.05) is 25.1 Å². The molecule has 3 aromatic carbocycles. The molecule has 0 saturated heterocycles. The predicted octanol–water partition coefficient (Wildman–Crippen LogP) is 6.00. The van der Waals surface area contributed by atoms with Crippen molar-refractivity contribution in [2.45, 2.75) is 13.5 Å². The molecule has 0 amide bonds. The third kappa shape index (κ3) is 3.74. The highest BCUT2D eigenvalue weighted by Crippen LogP contribution is 2.24. The number of hydrogen-bond donors (Lipinski definition) is 0. The molecule has 0 saturated carbocycles. The molecule has 0 fully saturated rings. The molecule has 0 aliphatic heterocycles.